The average molecular weight is 488 g/mol. The lowest BCUT2D eigenvalue weighted by Crippen LogP contribution is -2.63. The molecule has 4 rings (SSSR count). The molecule has 0 bridgehead atoms. The Labute approximate surface area is 202 Å². The zero-order chi connectivity index (χ0) is 25.2. The van der Waals surface area contributed by atoms with Crippen LogP contribution in [0.2, 0.25) is 0 Å². The van der Waals surface area contributed by atoms with Crippen molar-refractivity contribution in [1.82, 2.24) is 19.4 Å². The van der Waals surface area contributed by atoms with E-state index >= 15 is 0 Å². The number of methoxy groups -OCH3 is 2. The van der Waals surface area contributed by atoms with Gasteiger partial charge >= 0.3 is 5.69 Å². The first kappa shape index (κ1) is 24.8. The number of carbonyl (C=O) groups is 2. The van der Waals surface area contributed by atoms with Crippen molar-refractivity contribution in [2.45, 2.75) is 50.6 Å². The number of primary amides is 1. The molecule has 0 unspecified atom stereocenters. The number of H-pyrrole nitrogens is 1. The number of nitrogens with one attached hydrogen (secondary N) is 1. The van der Waals surface area contributed by atoms with Gasteiger partial charge in [-0.3, -0.25) is 23.9 Å². The molecule has 2 saturated heterocycles. The number of amides is 2. The zero-order valence-electron chi connectivity index (χ0n) is 20.3. The Bertz CT molecular complexity index is 1220. The quantitative estimate of drug-likeness (QED) is 0.577. The Morgan fingerprint density at radius 3 is 2.23 bits per heavy atom. The molecule has 0 spiro atoms. The van der Waals surface area contributed by atoms with Crippen LogP contribution in [-0.2, 0) is 16.1 Å². The fraction of sp³-hybridized carbons (Fsp3) is 0.583. The summed E-state index contributed by atoms with van der Waals surface area (Å²) in [6.45, 7) is 2.47. The number of nitrogens with zero attached hydrogens (tertiary/aromatic N) is 3. The summed E-state index contributed by atoms with van der Waals surface area (Å²) < 4.78 is 11.5. The van der Waals surface area contributed by atoms with Gasteiger partial charge in [0.05, 0.1) is 25.1 Å². The average Bonchev–Trinajstić information content (AvgIpc) is 2.88. The summed E-state index contributed by atoms with van der Waals surface area (Å²) >= 11 is 0. The number of benzene rings is 1. The van der Waals surface area contributed by atoms with Crippen LogP contribution in [0.4, 0.5) is 0 Å². The van der Waals surface area contributed by atoms with Gasteiger partial charge in [-0.15, -0.1) is 0 Å². The van der Waals surface area contributed by atoms with Crippen LogP contribution in [-0.4, -0.2) is 77.1 Å². The van der Waals surface area contributed by atoms with E-state index in [0.29, 0.717) is 42.9 Å². The summed E-state index contributed by atoms with van der Waals surface area (Å²) in [5, 5.41) is 0.264. The smallest absolute Gasteiger partial charge is 0.328 e. The van der Waals surface area contributed by atoms with E-state index in [9.17, 15) is 19.2 Å². The zero-order valence-corrected chi connectivity index (χ0v) is 20.3. The topological polar surface area (TPSA) is 140 Å². The predicted molar refractivity (Wildman–Crippen MR) is 130 cm³/mol. The van der Waals surface area contributed by atoms with Crippen molar-refractivity contribution >= 4 is 22.7 Å². The van der Waals surface area contributed by atoms with Crippen molar-refractivity contribution in [1.29, 1.82) is 0 Å². The molecule has 11 nitrogen and oxygen atoms in total. The fourth-order valence-electron chi connectivity index (χ4n) is 5.31. The van der Waals surface area contributed by atoms with E-state index in [1.54, 1.807) is 4.90 Å². The van der Waals surface area contributed by atoms with Crippen LogP contribution >= 0.6 is 0 Å². The molecule has 11 heteroatoms. The van der Waals surface area contributed by atoms with Crippen molar-refractivity contribution < 1.29 is 19.1 Å². The van der Waals surface area contributed by atoms with Crippen LogP contribution in [0, 0.1) is 0 Å². The number of nitrogens with two attached hydrogens (primary N) is 1. The van der Waals surface area contributed by atoms with Gasteiger partial charge in [0.25, 0.3) is 5.56 Å². The third-order valence-corrected chi connectivity index (χ3v) is 7.40. The Morgan fingerprint density at radius 2 is 1.63 bits per heavy atom. The lowest BCUT2D eigenvalue weighted by atomic mass is 9.83. The first-order valence-corrected chi connectivity index (χ1v) is 12.0. The number of ether oxygens (including phenoxy) is 2. The van der Waals surface area contributed by atoms with Gasteiger partial charge in [-0.1, -0.05) is 6.42 Å². The molecule has 35 heavy (non-hydrogen) atoms. The summed E-state index contributed by atoms with van der Waals surface area (Å²) in [5.41, 5.74) is 4.35. The Hall–Kier alpha value is -3.34. The highest BCUT2D eigenvalue weighted by molar-refractivity contribution is 5.85. The van der Waals surface area contributed by atoms with Gasteiger partial charge < -0.3 is 25.1 Å². The maximum Gasteiger partial charge on any atom is 0.328 e. The largest absolute Gasteiger partial charge is 0.493 e. The minimum atomic E-state index is -0.705. The van der Waals surface area contributed by atoms with Gasteiger partial charge in [0.1, 0.15) is 5.54 Å². The van der Waals surface area contributed by atoms with Crippen molar-refractivity contribution in [3.8, 4) is 11.5 Å². The first-order valence-electron chi connectivity index (χ1n) is 12.0. The second kappa shape index (κ2) is 10.1. The Kier molecular flexibility index (Phi) is 7.15. The molecule has 1 aromatic carbocycles. The van der Waals surface area contributed by atoms with E-state index in [0.717, 1.165) is 36.9 Å². The Morgan fingerprint density at radius 1 is 1.00 bits per heavy atom. The van der Waals surface area contributed by atoms with Crippen LogP contribution in [0.1, 0.15) is 38.5 Å². The third-order valence-electron chi connectivity index (χ3n) is 7.40. The second-order valence-corrected chi connectivity index (χ2v) is 9.21. The van der Waals surface area contributed by atoms with Gasteiger partial charge in [0.15, 0.2) is 11.5 Å². The molecule has 3 N–H and O–H groups in total. The standard InChI is InChI=1S/C24H33N5O6/c1-34-18-14-16-17(15-19(18)35-2)26-23(33)29(21(16)31)11-6-20(30)27-12-7-24(8-13-27,22(25)32)28-9-4-3-5-10-28/h14-15H,3-13H2,1-2H3,(H2,25,32)(H,26,33). The molecule has 1 aromatic heterocycles. The minimum Gasteiger partial charge on any atom is -0.493 e. The van der Waals surface area contributed by atoms with Crippen molar-refractivity contribution in [2.24, 2.45) is 5.73 Å². The summed E-state index contributed by atoms with van der Waals surface area (Å²) in [6, 6.07) is 3.05. The number of likely N-dealkylation sites (tertiary alicyclic amines) is 2. The van der Waals surface area contributed by atoms with Gasteiger partial charge in [-0.25, -0.2) is 4.79 Å². The number of fused-ring (bicyclic) bond motifs is 1. The van der Waals surface area contributed by atoms with Crippen molar-refractivity contribution in [3.05, 3.63) is 33.0 Å². The van der Waals surface area contributed by atoms with E-state index in [-0.39, 0.29) is 30.2 Å². The molecule has 2 aromatic rings. The summed E-state index contributed by atoms with van der Waals surface area (Å²) in [4.78, 5) is 57.5. The highest BCUT2D eigenvalue weighted by atomic mass is 16.5. The number of hydrogen-bond acceptors (Lipinski definition) is 7. The molecule has 3 heterocycles. The molecule has 0 atom stereocenters. The third kappa shape index (κ3) is 4.64. The van der Waals surface area contributed by atoms with E-state index in [1.165, 1.54) is 26.4 Å². The Balaban J connectivity index is 1.46. The van der Waals surface area contributed by atoms with Crippen LogP contribution in [0.15, 0.2) is 21.7 Å². The molecule has 0 saturated carbocycles. The van der Waals surface area contributed by atoms with Crippen LogP contribution in [0.25, 0.3) is 10.9 Å². The van der Waals surface area contributed by atoms with Gasteiger partial charge in [-0.2, -0.15) is 0 Å². The van der Waals surface area contributed by atoms with Crippen molar-refractivity contribution in [2.75, 3.05) is 40.4 Å². The molecule has 2 aliphatic rings. The fourth-order valence-corrected chi connectivity index (χ4v) is 5.31. The van der Waals surface area contributed by atoms with Gasteiger partial charge in [0, 0.05) is 32.1 Å². The number of hydrogen-bond donors (Lipinski definition) is 2. The van der Waals surface area contributed by atoms with Crippen LogP contribution < -0.4 is 26.5 Å². The monoisotopic (exact) mass is 487 g/mol. The summed E-state index contributed by atoms with van der Waals surface area (Å²) in [5.74, 6) is 0.268. The second-order valence-electron chi connectivity index (χ2n) is 9.21. The maximum absolute atomic E-state index is 13.0. The molecule has 2 amide bonds. The summed E-state index contributed by atoms with van der Waals surface area (Å²) in [6.07, 6.45) is 4.23. The molecule has 0 radical (unpaired) electrons. The number of piperidine rings is 2. The van der Waals surface area contributed by atoms with E-state index < -0.39 is 16.8 Å². The minimum absolute atomic E-state index is 0.00489. The predicted octanol–water partition coefficient (Wildman–Crippen LogP) is 0.430. The van der Waals surface area contributed by atoms with Gasteiger partial charge in [0.2, 0.25) is 11.8 Å². The molecule has 190 valence electrons. The molecular formula is C24H33N5O6. The molecule has 2 aliphatic heterocycles. The molecule has 2 fully saturated rings. The SMILES string of the molecule is COc1cc2[nH]c(=O)n(CCC(=O)N3CCC(C(N)=O)(N4CCCCC4)CC3)c(=O)c2cc1OC. The number of aromatic amines is 1. The van der Waals surface area contributed by atoms with E-state index in [4.69, 9.17) is 15.2 Å². The maximum atomic E-state index is 13.0. The highest BCUT2D eigenvalue weighted by Gasteiger charge is 2.45. The number of rotatable bonds is 7. The van der Waals surface area contributed by atoms with E-state index in [2.05, 4.69) is 9.88 Å². The normalized spacial score (nSPS) is 18.4. The number of carbonyl (C=O) groups excluding carboxylic acids is 2. The van der Waals surface area contributed by atoms with Gasteiger partial charge in [-0.05, 0) is 44.8 Å². The highest BCUT2D eigenvalue weighted by Crippen LogP contribution is 2.32. The van der Waals surface area contributed by atoms with E-state index in [1.807, 2.05) is 0 Å². The molecule has 0 aliphatic carbocycles. The summed E-state index contributed by atoms with van der Waals surface area (Å²) in [7, 11) is 2.93. The van der Waals surface area contributed by atoms with Crippen molar-refractivity contribution in [3.63, 3.8) is 0 Å². The first-order chi connectivity index (χ1) is 16.8. The van der Waals surface area contributed by atoms with Crippen LogP contribution in [0.5, 0.6) is 11.5 Å². The molecular weight excluding hydrogens is 454 g/mol. The number of aromatic nitrogens is 2. The lowest BCUT2D eigenvalue weighted by molar-refractivity contribution is -0.142. The van der Waals surface area contributed by atoms with Crippen LogP contribution in [0.3, 0.4) is 0 Å². The lowest BCUT2D eigenvalue weighted by Gasteiger charge is -2.48.